The van der Waals surface area contributed by atoms with Crippen LogP contribution in [0.15, 0.2) is 79.1 Å². The Hall–Kier alpha value is -3.22. The largest absolute Gasteiger partial charge is 0.484 e. The lowest BCUT2D eigenvalue weighted by Crippen LogP contribution is -2.49. The van der Waals surface area contributed by atoms with Crippen molar-refractivity contribution in [2.24, 2.45) is 0 Å². The molecule has 2 aromatic carbocycles. The maximum absolute atomic E-state index is 12.7. The van der Waals surface area contributed by atoms with Crippen LogP contribution in [-0.4, -0.2) is 46.7 Å². The number of hydrogen-bond acceptors (Lipinski definition) is 5. The first-order valence-electron chi connectivity index (χ1n) is 11.5. The molecule has 1 aliphatic carbocycles. The highest BCUT2D eigenvalue weighted by Gasteiger charge is 2.52. The van der Waals surface area contributed by atoms with Gasteiger partial charge in [-0.1, -0.05) is 48.5 Å². The zero-order valence-corrected chi connectivity index (χ0v) is 18.6. The molecular formula is C27H29N3O3. The van der Waals surface area contributed by atoms with Crippen molar-refractivity contribution in [1.82, 2.24) is 15.2 Å². The molecule has 6 heteroatoms. The third-order valence-electron chi connectivity index (χ3n) is 7.02. The van der Waals surface area contributed by atoms with E-state index in [-0.39, 0.29) is 17.9 Å². The van der Waals surface area contributed by atoms with Gasteiger partial charge in [-0.15, -0.1) is 0 Å². The van der Waals surface area contributed by atoms with E-state index in [4.69, 9.17) is 4.74 Å². The monoisotopic (exact) mass is 443 g/mol. The lowest BCUT2D eigenvalue weighted by Gasteiger charge is -2.42. The number of carbonyl (C=O) groups excluding carboxylic acids is 1. The molecule has 2 heterocycles. The number of nitrogens with one attached hydrogen (secondary N) is 1. The molecule has 1 spiro atoms. The fourth-order valence-electron chi connectivity index (χ4n) is 5.33. The van der Waals surface area contributed by atoms with E-state index in [0.717, 1.165) is 43.6 Å². The van der Waals surface area contributed by atoms with Crippen molar-refractivity contribution in [3.63, 3.8) is 0 Å². The van der Waals surface area contributed by atoms with E-state index in [1.807, 2.05) is 60.8 Å². The summed E-state index contributed by atoms with van der Waals surface area (Å²) in [7, 11) is 0. The van der Waals surface area contributed by atoms with Gasteiger partial charge in [-0.25, -0.2) is 0 Å². The number of pyridine rings is 1. The van der Waals surface area contributed by atoms with E-state index in [0.29, 0.717) is 5.75 Å². The molecule has 6 nitrogen and oxygen atoms in total. The average Bonchev–Trinajstić information content (AvgIpc) is 3.08. The van der Waals surface area contributed by atoms with Crippen LogP contribution >= 0.6 is 0 Å². The summed E-state index contributed by atoms with van der Waals surface area (Å²) >= 11 is 0. The van der Waals surface area contributed by atoms with Crippen LogP contribution in [0.1, 0.15) is 35.6 Å². The van der Waals surface area contributed by atoms with Crippen molar-refractivity contribution in [2.75, 3.05) is 19.7 Å². The van der Waals surface area contributed by atoms with Crippen molar-refractivity contribution in [3.05, 3.63) is 95.8 Å². The number of amides is 1. The minimum atomic E-state index is -0.670. The third-order valence-corrected chi connectivity index (χ3v) is 7.02. The standard InChI is InChI=1S/C27H29N3O3/c31-24(19-33-21-8-2-1-3-9-21)29-25-22-10-4-5-11-23(22)27(26(25)32)12-15-30(16-13-27)18-20-7-6-14-28-17-20/h1-11,14,17,25-26,32H,12-13,15-16,18-19H2,(H,29,31)/t25-,26+/m1/s1. The first-order valence-corrected chi connectivity index (χ1v) is 11.5. The molecule has 0 radical (unpaired) electrons. The van der Waals surface area contributed by atoms with Crippen LogP contribution in [0.5, 0.6) is 5.75 Å². The summed E-state index contributed by atoms with van der Waals surface area (Å²) in [5.74, 6) is 0.418. The number of likely N-dealkylation sites (tertiary alicyclic amines) is 1. The number of hydrogen-bond donors (Lipinski definition) is 2. The molecular weight excluding hydrogens is 414 g/mol. The number of nitrogens with zero attached hydrogens (tertiary/aromatic N) is 2. The van der Waals surface area contributed by atoms with E-state index in [1.165, 1.54) is 5.56 Å². The number of carbonyl (C=O) groups is 1. The van der Waals surface area contributed by atoms with Gasteiger partial charge < -0.3 is 15.2 Å². The van der Waals surface area contributed by atoms with Gasteiger partial charge in [0.15, 0.2) is 6.61 Å². The Kier molecular flexibility index (Phi) is 6.11. The topological polar surface area (TPSA) is 74.7 Å². The second-order valence-electron chi connectivity index (χ2n) is 8.97. The quantitative estimate of drug-likeness (QED) is 0.612. The second kappa shape index (κ2) is 9.33. The van der Waals surface area contributed by atoms with Crippen molar-refractivity contribution >= 4 is 5.91 Å². The Bertz CT molecular complexity index is 1080. The molecule has 1 amide bonds. The summed E-state index contributed by atoms with van der Waals surface area (Å²) in [6.07, 6.45) is 4.72. The van der Waals surface area contributed by atoms with Gasteiger partial charge in [0.1, 0.15) is 5.75 Å². The number of ether oxygens (including phenoxy) is 1. The number of fused-ring (bicyclic) bond motifs is 2. The maximum Gasteiger partial charge on any atom is 0.258 e. The molecule has 1 saturated heterocycles. The minimum Gasteiger partial charge on any atom is -0.484 e. The Morgan fingerprint density at radius 2 is 1.82 bits per heavy atom. The maximum atomic E-state index is 12.7. The number of aliphatic hydroxyl groups excluding tert-OH is 1. The molecule has 33 heavy (non-hydrogen) atoms. The van der Waals surface area contributed by atoms with Gasteiger partial charge in [0, 0.05) is 24.4 Å². The number of aromatic nitrogens is 1. The molecule has 2 aliphatic rings. The van der Waals surface area contributed by atoms with E-state index >= 15 is 0 Å². The zero-order chi connectivity index (χ0) is 22.7. The minimum absolute atomic E-state index is 0.0821. The smallest absolute Gasteiger partial charge is 0.258 e. The summed E-state index contributed by atoms with van der Waals surface area (Å²) < 4.78 is 5.60. The Morgan fingerprint density at radius 1 is 1.06 bits per heavy atom. The van der Waals surface area contributed by atoms with Crippen LogP contribution in [0.25, 0.3) is 0 Å². The van der Waals surface area contributed by atoms with Gasteiger partial charge in [0.05, 0.1) is 12.1 Å². The number of para-hydroxylation sites is 1. The Balaban J connectivity index is 1.27. The lowest BCUT2D eigenvalue weighted by atomic mass is 9.72. The summed E-state index contributed by atoms with van der Waals surface area (Å²) in [4.78, 5) is 19.3. The Labute approximate surface area is 194 Å². The van der Waals surface area contributed by atoms with Crippen LogP contribution in [0, 0.1) is 0 Å². The molecule has 0 unspecified atom stereocenters. The summed E-state index contributed by atoms with van der Waals surface area (Å²) in [5.41, 5.74) is 3.02. The van der Waals surface area contributed by atoms with E-state index in [2.05, 4.69) is 27.3 Å². The van der Waals surface area contributed by atoms with Gasteiger partial charge in [0.25, 0.3) is 5.91 Å². The molecule has 1 aromatic heterocycles. The molecule has 170 valence electrons. The molecule has 0 saturated carbocycles. The Morgan fingerprint density at radius 3 is 2.58 bits per heavy atom. The molecule has 5 rings (SSSR count). The number of aliphatic hydroxyl groups is 1. The van der Waals surface area contributed by atoms with Crippen LogP contribution in [0.4, 0.5) is 0 Å². The first kappa shape index (κ1) is 21.6. The lowest BCUT2D eigenvalue weighted by molar-refractivity contribution is -0.125. The normalized spacial score (nSPS) is 21.5. The van der Waals surface area contributed by atoms with Gasteiger partial charge in [-0.05, 0) is 60.8 Å². The van der Waals surface area contributed by atoms with Crippen LogP contribution in [-0.2, 0) is 16.8 Å². The molecule has 1 aliphatic heterocycles. The average molecular weight is 444 g/mol. The summed E-state index contributed by atoms with van der Waals surface area (Å²) in [6, 6.07) is 21.1. The summed E-state index contributed by atoms with van der Waals surface area (Å²) in [6.45, 7) is 2.55. The van der Waals surface area contributed by atoms with Crippen molar-refractivity contribution in [1.29, 1.82) is 0 Å². The van der Waals surface area contributed by atoms with E-state index < -0.39 is 12.1 Å². The molecule has 3 aromatic rings. The van der Waals surface area contributed by atoms with Gasteiger partial charge in [-0.2, -0.15) is 0 Å². The predicted octanol–water partition coefficient (Wildman–Crippen LogP) is 3.23. The summed E-state index contributed by atoms with van der Waals surface area (Å²) in [5, 5.41) is 14.6. The fraction of sp³-hybridized carbons (Fsp3) is 0.333. The van der Waals surface area contributed by atoms with Crippen LogP contribution < -0.4 is 10.1 Å². The number of piperidine rings is 1. The molecule has 2 N–H and O–H groups in total. The van der Waals surface area contributed by atoms with Gasteiger partial charge in [-0.3, -0.25) is 14.7 Å². The fourth-order valence-corrected chi connectivity index (χ4v) is 5.33. The van der Waals surface area contributed by atoms with Crippen molar-refractivity contribution < 1.29 is 14.6 Å². The second-order valence-corrected chi connectivity index (χ2v) is 8.97. The van der Waals surface area contributed by atoms with Gasteiger partial charge >= 0.3 is 0 Å². The van der Waals surface area contributed by atoms with Crippen LogP contribution in [0.3, 0.4) is 0 Å². The SMILES string of the molecule is O=C(COc1ccccc1)N[C@@H]1c2ccccc2C2(CCN(Cc3cccnc3)CC2)[C@H]1O. The molecule has 2 atom stereocenters. The predicted molar refractivity (Wildman–Crippen MR) is 126 cm³/mol. The highest BCUT2D eigenvalue weighted by atomic mass is 16.5. The van der Waals surface area contributed by atoms with E-state index in [9.17, 15) is 9.90 Å². The van der Waals surface area contributed by atoms with Crippen LogP contribution in [0.2, 0.25) is 0 Å². The van der Waals surface area contributed by atoms with Crippen molar-refractivity contribution in [3.8, 4) is 5.75 Å². The third kappa shape index (κ3) is 4.36. The van der Waals surface area contributed by atoms with E-state index in [1.54, 1.807) is 6.20 Å². The zero-order valence-electron chi connectivity index (χ0n) is 18.6. The highest BCUT2D eigenvalue weighted by molar-refractivity contribution is 5.78. The van der Waals surface area contributed by atoms with Gasteiger partial charge in [0.2, 0.25) is 0 Å². The number of rotatable bonds is 6. The highest BCUT2D eigenvalue weighted by Crippen LogP contribution is 2.51. The molecule has 1 fully saturated rings. The first-order chi connectivity index (χ1) is 16.2. The van der Waals surface area contributed by atoms with Crippen molar-refractivity contribution in [2.45, 2.75) is 36.9 Å². The molecule has 0 bridgehead atoms. The number of benzene rings is 2.